The van der Waals surface area contributed by atoms with Crippen LogP contribution >= 0.6 is 0 Å². The second kappa shape index (κ2) is 7.28. The van der Waals surface area contributed by atoms with Crippen LogP contribution in [0.4, 0.5) is 0 Å². The summed E-state index contributed by atoms with van der Waals surface area (Å²) in [5, 5.41) is 3.10. The second-order valence-corrected chi connectivity index (χ2v) is 6.79. The summed E-state index contributed by atoms with van der Waals surface area (Å²) < 4.78 is 16.2. The fraction of sp³-hybridized carbons (Fsp3) is 0.381. The van der Waals surface area contributed by atoms with Gasteiger partial charge < -0.3 is 19.5 Å². The highest BCUT2D eigenvalue weighted by Crippen LogP contribution is 2.36. The van der Waals surface area contributed by atoms with Gasteiger partial charge in [-0.2, -0.15) is 0 Å². The van der Waals surface area contributed by atoms with Crippen LogP contribution in [-0.4, -0.2) is 26.4 Å². The number of methoxy groups -OCH3 is 1. The Morgan fingerprint density at radius 1 is 1.23 bits per heavy atom. The molecule has 136 valence electrons. The van der Waals surface area contributed by atoms with Crippen LogP contribution in [0, 0.1) is 0 Å². The zero-order valence-electron chi connectivity index (χ0n) is 14.9. The Hall–Kier alpha value is -2.69. The number of hydrogen-bond donors (Lipinski definition) is 1. The zero-order chi connectivity index (χ0) is 17.9. The van der Waals surface area contributed by atoms with E-state index in [0.717, 1.165) is 36.3 Å². The summed E-state index contributed by atoms with van der Waals surface area (Å²) in [5.74, 6) is 2.78. The number of carbonyl (C=O) groups excluding carboxylic acids is 1. The first-order valence-corrected chi connectivity index (χ1v) is 9.05. The summed E-state index contributed by atoms with van der Waals surface area (Å²) in [7, 11) is 1.71. The number of carbonyl (C=O) groups is 1. The van der Waals surface area contributed by atoms with E-state index in [-0.39, 0.29) is 12.7 Å². The van der Waals surface area contributed by atoms with Crippen molar-refractivity contribution in [3.8, 4) is 17.2 Å². The summed E-state index contributed by atoms with van der Waals surface area (Å²) in [6, 6.07) is 11.8. The molecule has 0 fully saturated rings. The highest BCUT2D eigenvalue weighted by Gasteiger charge is 2.23. The number of rotatable bonds is 5. The van der Waals surface area contributed by atoms with Gasteiger partial charge in [0.05, 0.1) is 13.5 Å². The summed E-state index contributed by atoms with van der Waals surface area (Å²) >= 11 is 0. The molecular weight excluding hydrogens is 330 g/mol. The highest BCUT2D eigenvalue weighted by atomic mass is 16.7. The monoisotopic (exact) mass is 353 g/mol. The average Bonchev–Trinajstić information content (AvgIpc) is 3.13. The first-order valence-electron chi connectivity index (χ1n) is 9.05. The molecule has 1 atom stereocenters. The van der Waals surface area contributed by atoms with E-state index < -0.39 is 0 Å². The molecule has 1 amide bonds. The average molecular weight is 353 g/mol. The Morgan fingerprint density at radius 2 is 2.12 bits per heavy atom. The van der Waals surface area contributed by atoms with Crippen molar-refractivity contribution >= 4 is 5.91 Å². The fourth-order valence-corrected chi connectivity index (χ4v) is 3.85. The van der Waals surface area contributed by atoms with E-state index in [4.69, 9.17) is 14.2 Å². The normalized spacial score (nSPS) is 17.5. The molecule has 4 rings (SSSR count). The lowest BCUT2D eigenvalue weighted by atomic mass is 9.82. The second-order valence-electron chi connectivity index (χ2n) is 6.79. The van der Waals surface area contributed by atoms with Crippen molar-refractivity contribution < 1.29 is 19.0 Å². The summed E-state index contributed by atoms with van der Waals surface area (Å²) in [5.41, 5.74) is 3.52. The molecule has 5 heteroatoms. The van der Waals surface area contributed by atoms with Crippen molar-refractivity contribution in [1.29, 1.82) is 0 Å². The molecule has 1 unspecified atom stereocenters. The Labute approximate surface area is 153 Å². The highest BCUT2D eigenvalue weighted by molar-refractivity contribution is 5.79. The molecule has 5 nitrogen and oxygen atoms in total. The Kier molecular flexibility index (Phi) is 4.69. The fourth-order valence-electron chi connectivity index (χ4n) is 3.85. The molecule has 1 N–H and O–H groups in total. The minimum Gasteiger partial charge on any atom is -0.496 e. The number of nitrogens with one attached hydrogen (secondary N) is 1. The lowest BCUT2D eigenvalue weighted by Gasteiger charge is -2.27. The Balaban J connectivity index is 1.38. The van der Waals surface area contributed by atoms with Gasteiger partial charge in [-0.3, -0.25) is 4.79 Å². The molecule has 2 aromatic carbocycles. The molecule has 1 heterocycles. The predicted molar refractivity (Wildman–Crippen MR) is 98.0 cm³/mol. The predicted octanol–water partition coefficient (Wildman–Crippen LogP) is 3.20. The molecule has 0 saturated carbocycles. The van der Waals surface area contributed by atoms with Crippen LogP contribution < -0.4 is 19.5 Å². The van der Waals surface area contributed by atoms with Gasteiger partial charge in [-0.25, -0.2) is 0 Å². The molecule has 0 bridgehead atoms. The van der Waals surface area contributed by atoms with Gasteiger partial charge in [0.15, 0.2) is 11.5 Å². The van der Waals surface area contributed by atoms with Crippen LogP contribution in [-0.2, 0) is 17.6 Å². The lowest BCUT2D eigenvalue weighted by Crippen LogP contribution is -2.31. The van der Waals surface area contributed by atoms with Crippen molar-refractivity contribution in [2.45, 2.75) is 31.6 Å². The molecule has 0 aromatic heterocycles. The van der Waals surface area contributed by atoms with E-state index in [1.54, 1.807) is 7.11 Å². The minimum absolute atomic E-state index is 0.0267. The van der Waals surface area contributed by atoms with Crippen molar-refractivity contribution in [3.05, 3.63) is 53.1 Å². The number of ether oxygens (including phenoxy) is 3. The number of benzene rings is 2. The number of hydrogen-bond acceptors (Lipinski definition) is 4. The minimum atomic E-state index is 0.0267. The van der Waals surface area contributed by atoms with Crippen molar-refractivity contribution in [1.82, 2.24) is 5.32 Å². The Morgan fingerprint density at radius 3 is 3.00 bits per heavy atom. The molecule has 26 heavy (non-hydrogen) atoms. The van der Waals surface area contributed by atoms with Crippen LogP contribution in [0.5, 0.6) is 17.2 Å². The number of fused-ring (bicyclic) bond motifs is 2. The van der Waals surface area contributed by atoms with Crippen molar-refractivity contribution in [2.75, 3.05) is 20.4 Å². The molecule has 1 aliphatic carbocycles. The van der Waals surface area contributed by atoms with Crippen LogP contribution in [0.1, 0.15) is 35.4 Å². The first kappa shape index (κ1) is 16.8. The van der Waals surface area contributed by atoms with Crippen molar-refractivity contribution in [3.63, 3.8) is 0 Å². The van der Waals surface area contributed by atoms with Crippen LogP contribution in [0.3, 0.4) is 0 Å². The van der Waals surface area contributed by atoms with Gasteiger partial charge in [0.2, 0.25) is 12.7 Å². The SMILES string of the molecule is COc1cccc2c1CCCC2CNC(=O)Cc1ccc2c(c1)OCO2. The van der Waals surface area contributed by atoms with Crippen LogP contribution in [0.15, 0.2) is 36.4 Å². The third-order valence-electron chi connectivity index (χ3n) is 5.16. The standard InChI is InChI=1S/C21H23NO4/c1-24-18-7-3-5-16-15(4-2-6-17(16)18)12-22-21(23)11-14-8-9-19-20(10-14)26-13-25-19/h3,5,7-10,15H,2,4,6,11-13H2,1H3,(H,22,23). The Bertz CT molecular complexity index is 818. The van der Waals surface area contributed by atoms with E-state index in [2.05, 4.69) is 11.4 Å². The van der Waals surface area contributed by atoms with E-state index in [9.17, 15) is 4.79 Å². The lowest BCUT2D eigenvalue weighted by molar-refractivity contribution is -0.120. The van der Waals surface area contributed by atoms with Gasteiger partial charge in [0, 0.05) is 12.5 Å². The molecule has 1 aliphatic heterocycles. The zero-order valence-corrected chi connectivity index (χ0v) is 14.9. The molecule has 2 aromatic rings. The maximum Gasteiger partial charge on any atom is 0.231 e. The smallest absolute Gasteiger partial charge is 0.231 e. The van der Waals surface area contributed by atoms with Crippen molar-refractivity contribution in [2.24, 2.45) is 0 Å². The van der Waals surface area contributed by atoms with Gasteiger partial charge in [-0.1, -0.05) is 18.2 Å². The van der Waals surface area contributed by atoms with E-state index >= 15 is 0 Å². The third-order valence-corrected chi connectivity index (χ3v) is 5.16. The third kappa shape index (κ3) is 3.34. The van der Waals surface area contributed by atoms with Crippen LogP contribution in [0.25, 0.3) is 0 Å². The quantitative estimate of drug-likeness (QED) is 0.897. The van der Waals surface area contributed by atoms with Gasteiger partial charge in [0.25, 0.3) is 0 Å². The van der Waals surface area contributed by atoms with E-state index in [0.29, 0.717) is 24.6 Å². The molecule has 0 radical (unpaired) electrons. The maximum absolute atomic E-state index is 12.4. The van der Waals surface area contributed by atoms with Gasteiger partial charge in [-0.15, -0.1) is 0 Å². The van der Waals surface area contributed by atoms with E-state index in [1.807, 2.05) is 30.3 Å². The van der Waals surface area contributed by atoms with Gasteiger partial charge in [0.1, 0.15) is 5.75 Å². The first-order chi connectivity index (χ1) is 12.7. The largest absolute Gasteiger partial charge is 0.496 e. The summed E-state index contributed by atoms with van der Waals surface area (Å²) in [4.78, 5) is 12.4. The summed E-state index contributed by atoms with van der Waals surface area (Å²) in [6.45, 7) is 0.902. The van der Waals surface area contributed by atoms with Crippen LogP contribution in [0.2, 0.25) is 0 Å². The molecule has 0 spiro atoms. The molecule has 2 aliphatic rings. The van der Waals surface area contributed by atoms with Gasteiger partial charge in [-0.05, 0) is 54.2 Å². The molecular formula is C21H23NO4. The number of amides is 1. The topological polar surface area (TPSA) is 56.8 Å². The van der Waals surface area contributed by atoms with Gasteiger partial charge >= 0.3 is 0 Å². The molecule has 0 saturated heterocycles. The summed E-state index contributed by atoms with van der Waals surface area (Å²) in [6.07, 6.45) is 3.59. The van der Waals surface area contributed by atoms with E-state index in [1.165, 1.54) is 11.1 Å². The maximum atomic E-state index is 12.4.